The summed E-state index contributed by atoms with van der Waals surface area (Å²) in [6.07, 6.45) is -3.30. The summed E-state index contributed by atoms with van der Waals surface area (Å²) in [5, 5.41) is 2.04. The molecular weight excluding hydrogens is 473 g/mol. The summed E-state index contributed by atoms with van der Waals surface area (Å²) in [7, 11) is -4.01. The molecule has 0 aliphatic rings. The molecule has 1 N–H and O–H groups in total. The van der Waals surface area contributed by atoms with E-state index in [1.807, 2.05) is 31.2 Å². The molecule has 31 heavy (non-hydrogen) atoms. The Balaban J connectivity index is 1.95. The number of rotatable bonds is 9. The molecule has 170 valence electrons. The van der Waals surface area contributed by atoms with E-state index in [4.69, 9.17) is 11.6 Å². The number of hydrogen-bond acceptors (Lipinski definition) is 4. The lowest BCUT2D eigenvalue weighted by Gasteiger charge is -2.23. The molecule has 0 aromatic heterocycles. The van der Waals surface area contributed by atoms with Crippen molar-refractivity contribution in [2.45, 2.75) is 24.4 Å². The van der Waals surface area contributed by atoms with Crippen LogP contribution >= 0.6 is 23.4 Å². The van der Waals surface area contributed by atoms with Crippen molar-refractivity contribution in [1.29, 1.82) is 0 Å². The van der Waals surface area contributed by atoms with Crippen LogP contribution in [-0.2, 0) is 21.0 Å². The second-order valence-corrected chi connectivity index (χ2v) is 10.3. The Labute approximate surface area is 189 Å². The number of nitrogens with one attached hydrogen (secondary N) is 1. The molecule has 0 aliphatic heterocycles. The molecule has 0 fully saturated rings. The molecule has 0 atom stereocenters. The minimum atomic E-state index is -4.76. The number of benzene rings is 2. The molecule has 0 aliphatic carbocycles. The number of alkyl halides is 3. The van der Waals surface area contributed by atoms with E-state index < -0.39 is 39.2 Å². The van der Waals surface area contributed by atoms with Crippen molar-refractivity contribution in [1.82, 2.24) is 5.32 Å². The number of hydrogen-bond donors (Lipinski definition) is 1. The molecule has 0 spiro atoms. The monoisotopic (exact) mass is 494 g/mol. The lowest BCUT2D eigenvalue weighted by Crippen LogP contribution is -2.40. The van der Waals surface area contributed by atoms with E-state index in [2.05, 4.69) is 5.32 Å². The Morgan fingerprint density at radius 2 is 1.81 bits per heavy atom. The van der Waals surface area contributed by atoms with Gasteiger partial charge in [-0.3, -0.25) is 9.10 Å². The van der Waals surface area contributed by atoms with Gasteiger partial charge in [0, 0.05) is 11.4 Å². The Kier molecular flexibility index (Phi) is 8.67. The van der Waals surface area contributed by atoms with Crippen LogP contribution in [0.5, 0.6) is 0 Å². The highest BCUT2D eigenvalue weighted by molar-refractivity contribution is 7.99. The molecule has 2 aromatic rings. The van der Waals surface area contributed by atoms with Gasteiger partial charge in [0.2, 0.25) is 15.9 Å². The predicted molar refractivity (Wildman–Crippen MR) is 118 cm³/mol. The van der Waals surface area contributed by atoms with Crippen molar-refractivity contribution in [2.75, 3.05) is 29.4 Å². The van der Waals surface area contributed by atoms with E-state index in [9.17, 15) is 26.4 Å². The van der Waals surface area contributed by atoms with Crippen molar-refractivity contribution in [3.05, 3.63) is 58.6 Å². The van der Waals surface area contributed by atoms with Crippen molar-refractivity contribution >= 4 is 45.0 Å². The number of halogens is 4. The minimum absolute atomic E-state index is 0.288. The summed E-state index contributed by atoms with van der Waals surface area (Å²) in [4.78, 5) is 13.3. The van der Waals surface area contributed by atoms with E-state index in [1.54, 1.807) is 11.8 Å². The third-order valence-corrected chi connectivity index (χ3v) is 6.73. The highest BCUT2D eigenvalue weighted by Crippen LogP contribution is 2.37. The average Bonchev–Trinajstić information content (AvgIpc) is 2.66. The third kappa shape index (κ3) is 7.93. The number of carbonyl (C=O) groups is 1. The zero-order valence-electron chi connectivity index (χ0n) is 16.9. The summed E-state index contributed by atoms with van der Waals surface area (Å²) in [5.74, 6) is 0.125. The van der Waals surface area contributed by atoms with Gasteiger partial charge in [-0.25, -0.2) is 8.42 Å². The van der Waals surface area contributed by atoms with Crippen molar-refractivity contribution < 1.29 is 26.4 Å². The lowest BCUT2D eigenvalue weighted by atomic mass is 10.2. The maximum atomic E-state index is 13.1. The van der Waals surface area contributed by atoms with Crippen molar-refractivity contribution in [3.63, 3.8) is 0 Å². The fourth-order valence-corrected chi connectivity index (χ4v) is 4.52. The number of thioether (sulfide) groups is 1. The van der Waals surface area contributed by atoms with Gasteiger partial charge >= 0.3 is 6.18 Å². The van der Waals surface area contributed by atoms with Gasteiger partial charge < -0.3 is 5.32 Å². The fourth-order valence-electron chi connectivity index (χ4n) is 2.60. The largest absolute Gasteiger partial charge is 0.417 e. The first kappa shape index (κ1) is 25.4. The molecule has 0 unspecified atom stereocenters. The van der Waals surface area contributed by atoms with Gasteiger partial charge in [-0.05, 0) is 49.4 Å². The minimum Gasteiger partial charge on any atom is -0.354 e. The Morgan fingerprint density at radius 3 is 2.39 bits per heavy atom. The number of carbonyl (C=O) groups excluding carboxylic acids is 1. The third-order valence-electron chi connectivity index (χ3n) is 4.16. The first-order valence-corrected chi connectivity index (χ1v) is 12.4. The van der Waals surface area contributed by atoms with Crippen LogP contribution in [-0.4, -0.2) is 39.4 Å². The number of sulfonamides is 1. The topological polar surface area (TPSA) is 66.5 Å². The zero-order valence-corrected chi connectivity index (χ0v) is 19.3. The van der Waals surface area contributed by atoms with Gasteiger partial charge in [0.15, 0.2) is 0 Å². The van der Waals surface area contributed by atoms with Gasteiger partial charge in [-0.15, -0.1) is 11.8 Å². The quantitative estimate of drug-likeness (QED) is 0.404. The van der Waals surface area contributed by atoms with Crippen LogP contribution in [0.15, 0.2) is 47.4 Å². The summed E-state index contributed by atoms with van der Waals surface area (Å²) in [5.41, 5.74) is -0.298. The SMILES string of the molecule is Cc1ccc(SCCCNC(=O)CN(c2ccc(Cl)c(C(F)(F)F)c2)S(C)(=O)=O)cc1. The van der Waals surface area contributed by atoms with Crippen LogP contribution < -0.4 is 9.62 Å². The Morgan fingerprint density at radius 1 is 1.16 bits per heavy atom. The molecule has 11 heteroatoms. The second-order valence-electron chi connectivity index (χ2n) is 6.80. The molecule has 1 amide bonds. The summed E-state index contributed by atoms with van der Waals surface area (Å²) < 4.78 is 64.1. The maximum absolute atomic E-state index is 13.1. The maximum Gasteiger partial charge on any atom is 0.417 e. The predicted octanol–water partition coefficient (Wildman–Crippen LogP) is 4.73. The number of nitrogens with zero attached hydrogens (tertiary/aromatic N) is 1. The van der Waals surface area contributed by atoms with Crippen molar-refractivity contribution in [2.24, 2.45) is 0 Å². The van der Waals surface area contributed by atoms with Crippen LogP contribution in [0, 0.1) is 6.92 Å². The summed E-state index contributed by atoms with van der Waals surface area (Å²) in [6.45, 7) is 1.67. The van der Waals surface area contributed by atoms with Crippen LogP contribution in [0.2, 0.25) is 5.02 Å². The van der Waals surface area contributed by atoms with E-state index in [0.29, 0.717) is 23.3 Å². The van der Waals surface area contributed by atoms with Crippen LogP contribution in [0.25, 0.3) is 0 Å². The van der Waals surface area contributed by atoms with Gasteiger partial charge in [0.25, 0.3) is 0 Å². The highest BCUT2D eigenvalue weighted by Gasteiger charge is 2.34. The van der Waals surface area contributed by atoms with Crippen LogP contribution in [0.3, 0.4) is 0 Å². The van der Waals surface area contributed by atoms with Gasteiger partial charge in [0.05, 0.1) is 22.5 Å². The van der Waals surface area contributed by atoms with Crippen LogP contribution in [0.1, 0.15) is 17.5 Å². The second kappa shape index (κ2) is 10.6. The van der Waals surface area contributed by atoms with E-state index in [-0.39, 0.29) is 5.69 Å². The van der Waals surface area contributed by atoms with Gasteiger partial charge in [0.1, 0.15) is 6.54 Å². The number of aryl methyl sites for hydroxylation is 1. The highest BCUT2D eigenvalue weighted by atomic mass is 35.5. The standard InChI is InChI=1S/C20H22ClF3N2O3S2/c1-14-4-7-16(8-5-14)30-11-3-10-25-19(27)13-26(31(2,28)29)15-6-9-18(21)17(12-15)20(22,23)24/h4-9,12H,3,10-11,13H2,1-2H3,(H,25,27). The van der Waals surface area contributed by atoms with Gasteiger partial charge in [-0.2, -0.15) is 13.2 Å². The van der Waals surface area contributed by atoms with Crippen molar-refractivity contribution in [3.8, 4) is 0 Å². The molecule has 0 radical (unpaired) electrons. The molecule has 0 saturated carbocycles. The normalized spacial score (nSPS) is 11.9. The fraction of sp³-hybridized carbons (Fsp3) is 0.350. The smallest absolute Gasteiger partial charge is 0.354 e. The van der Waals surface area contributed by atoms with E-state index >= 15 is 0 Å². The molecule has 0 heterocycles. The molecule has 0 saturated heterocycles. The van der Waals surface area contributed by atoms with E-state index in [0.717, 1.165) is 34.6 Å². The van der Waals surface area contributed by atoms with Crippen LogP contribution in [0.4, 0.5) is 18.9 Å². The molecule has 5 nitrogen and oxygen atoms in total. The molecule has 2 aromatic carbocycles. The Hall–Kier alpha value is -1.91. The lowest BCUT2D eigenvalue weighted by molar-refractivity contribution is -0.137. The summed E-state index contributed by atoms with van der Waals surface area (Å²) in [6, 6.07) is 10.7. The molecular formula is C20H22ClF3N2O3S2. The zero-order chi connectivity index (χ0) is 23.2. The van der Waals surface area contributed by atoms with Gasteiger partial charge in [-0.1, -0.05) is 29.3 Å². The number of amides is 1. The van der Waals surface area contributed by atoms with E-state index in [1.165, 1.54) is 0 Å². The number of anilines is 1. The molecule has 2 rings (SSSR count). The Bertz CT molecular complexity index is 1010. The first-order valence-electron chi connectivity index (χ1n) is 9.18. The summed E-state index contributed by atoms with van der Waals surface area (Å²) >= 11 is 7.21. The first-order chi connectivity index (χ1) is 14.4. The molecule has 0 bridgehead atoms. The average molecular weight is 495 g/mol.